The third-order valence-corrected chi connectivity index (χ3v) is 10.4. The van der Waals surface area contributed by atoms with Crippen LogP contribution < -0.4 is 5.32 Å². The van der Waals surface area contributed by atoms with Gasteiger partial charge in [0.1, 0.15) is 18.3 Å². The van der Waals surface area contributed by atoms with Crippen molar-refractivity contribution in [2.75, 3.05) is 37.5 Å². The standard InChI is InChI=1S/C18H27ClN6O9P2/c19-18-22-15(21-10-5-24-3-1-9(10)2-4-24)12-16(23-18)25(7-20-12)17-14(27)13(26)11(34-17)6-33-36(31,32)8-35(28,29)30/h7,9-11,13-14,17,26-27H,1-6,8H2,(H,31,32)(H,21,22,23)(H2,28,29,30)/t10?,11-,13?,14+,17-/m1/s1. The fourth-order valence-electron chi connectivity index (χ4n) is 5.04. The number of hydrogen-bond acceptors (Lipinski definition) is 11. The Morgan fingerprint density at radius 2 is 1.89 bits per heavy atom. The number of imidazole rings is 1. The van der Waals surface area contributed by atoms with Crippen LogP contribution in [0.2, 0.25) is 5.28 Å². The van der Waals surface area contributed by atoms with Gasteiger partial charge in [-0.2, -0.15) is 9.97 Å². The highest BCUT2D eigenvalue weighted by Gasteiger charge is 2.46. The first-order valence-electron chi connectivity index (χ1n) is 11.3. The van der Waals surface area contributed by atoms with Gasteiger partial charge in [-0.1, -0.05) is 0 Å². The van der Waals surface area contributed by atoms with E-state index in [0.717, 1.165) is 32.5 Å². The van der Waals surface area contributed by atoms with Crippen molar-refractivity contribution < 1.29 is 43.3 Å². The molecule has 4 aliphatic rings. The highest BCUT2D eigenvalue weighted by Crippen LogP contribution is 2.55. The summed E-state index contributed by atoms with van der Waals surface area (Å²) in [4.78, 5) is 42.8. The van der Waals surface area contributed by atoms with Crippen LogP contribution in [0.15, 0.2) is 6.33 Å². The van der Waals surface area contributed by atoms with Gasteiger partial charge >= 0.3 is 15.2 Å². The van der Waals surface area contributed by atoms with Crippen LogP contribution in [0.1, 0.15) is 19.1 Å². The Morgan fingerprint density at radius 3 is 2.53 bits per heavy atom. The predicted octanol–water partition coefficient (Wildman–Crippen LogP) is -0.0578. The Morgan fingerprint density at radius 1 is 1.17 bits per heavy atom. The van der Waals surface area contributed by atoms with Gasteiger partial charge in [0.15, 0.2) is 29.1 Å². The minimum absolute atomic E-state index is 0.0559. The SMILES string of the molecule is O=P(O)(O)CP(=O)(O)OC[C@H]1O[C@@H](n2cnc3c(NC4CN5CCC4CC5)nc(Cl)nc32)[C@@H](O)C1O. The molecular weight excluding hydrogens is 542 g/mol. The summed E-state index contributed by atoms with van der Waals surface area (Å²) < 4.78 is 34.7. The van der Waals surface area contributed by atoms with E-state index in [1.807, 2.05) is 0 Å². The number of piperidine rings is 3. The number of ether oxygens (including phenoxy) is 1. The molecule has 6 rings (SSSR count). The number of fused-ring (bicyclic) bond motifs is 4. The molecule has 0 saturated carbocycles. The average Bonchev–Trinajstić information content (AvgIpc) is 3.33. The van der Waals surface area contributed by atoms with Crippen LogP contribution in [0.4, 0.5) is 5.82 Å². The normalized spacial score (nSPS) is 34.2. The molecule has 200 valence electrons. The van der Waals surface area contributed by atoms with Gasteiger partial charge in [0, 0.05) is 12.6 Å². The Balaban J connectivity index is 1.34. The summed E-state index contributed by atoms with van der Waals surface area (Å²) in [6.45, 7) is 2.33. The number of aliphatic hydroxyl groups is 2. The molecule has 0 spiro atoms. The maximum absolute atomic E-state index is 11.9. The van der Waals surface area contributed by atoms with E-state index in [4.69, 9.17) is 30.6 Å². The zero-order chi connectivity index (χ0) is 25.8. The lowest BCUT2D eigenvalue weighted by Crippen LogP contribution is -2.53. The van der Waals surface area contributed by atoms with Crippen LogP contribution in [0.25, 0.3) is 11.2 Å². The molecule has 3 unspecified atom stereocenters. The number of nitrogens with one attached hydrogen (secondary N) is 1. The number of aliphatic hydroxyl groups excluding tert-OH is 2. The first kappa shape index (κ1) is 26.4. The minimum atomic E-state index is -4.82. The van der Waals surface area contributed by atoms with Crippen LogP contribution in [-0.2, 0) is 18.4 Å². The van der Waals surface area contributed by atoms with E-state index in [1.165, 1.54) is 10.9 Å². The summed E-state index contributed by atoms with van der Waals surface area (Å²) in [5.41, 5.74) is 0.633. The summed E-state index contributed by atoms with van der Waals surface area (Å²) >= 11 is 6.19. The zero-order valence-corrected chi connectivity index (χ0v) is 21.4. The lowest BCUT2D eigenvalue weighted by atomic mass is 9.84. The molecule has 36 heavy (non-hydrogen) atoms. The Kier molecular flexibility index (Phi) is 7.20. The molecule has 6 heterocycles. The van der Waals surface area contributed by atoms with Gasteiger partial charge in [0.25, 0.3) is 0 Å². The molecular formula is C18H27ClN6O9P2. The summed E-state index contributed by atoms with van der Waals surface area (Å²) in [6.07, 6.45) is -1.98. The number of anilines is 1. The summed E-state index contributed by atoms with van der Waals surface area (Å²) in [6, 6.07) is 0.172. The Bertz CT molecular complexity index is 1220. The lowest BCUT2D eigenvalue weighted by molar-refractivity contribution is -0.0483. The number of halogens is 1. The average molecular weight is 569 g/mol. The maximum Gasteiger partial charge on any atom is 0.340 e. The third-order valence-electron chi connectivity index (χ3n) is 6.79. The number of rotatable bonds is 8. The Labute approximate surface area is 210 Å². The second-order valence-corrected chi connectivity index (χ2v) is 13.7. The quantitative estimate of drug-likeness (QED) is 0.182. The molecule has 18 heteroatoms. The lowest BCUT2D eigenvalue weighted by Gasteiger charge is -2.45. The molecule has 15 nitrogen and oxygen atoms in total. The predicted molar refractivity (Wildman–Crippen MR) is 126 cm³/mol. The van der Waals surface area contributed by atoms with E-state index in [1.54, 1.807) is 0 Å². The molecule has 0 amide bonds. The maximum atomic E-state index is 11.9. The van der Waals surface area contributed by atoms with Crippen LogP contribution in [0, 0.1) is 5.92 Å². The molecule has 0 aromatic carbocycles. The van der Waals surface area contributed by atoms with E-state index in [0.29, 0.717) is 17.3 Å². The highest BCUT2D eigenvalue weighted by molar-refractivity contribution is 7.70. The number of aromatic nitrogens is 4. The summed E-state index contributed by atoms with van der Waals surface area (Å²) in [5.74, 6) is -0.440. The molecule has 4 aliphatic heterocycles. The van der Waals surface area contributed by atoms with Crippen molar-refractivity contribution in [2.45, 2.75) is 43.4 Å². The number of nitrogens with zero attached hydrogens (tertiary/aromatic N) is 5. The molecule has 0 radical (unpaired) electrons. The molecule has 0 aliphatic carbocycles. The van der Waals surface area contributed by atoms with Gasteiger partial charge in [0.2, 0.25) is 5.28 Å². The van der Waals surface area contributed by atoms with Crippen molar-refractivity contribution in [2.24, 2.45) is 5.92 Å². The molecule has 4 fully saturated rings. The molecule has 2 aromatic heterocycles. The van der Waals surface area contributed by atoms with E-state index >= 15 is 0 Å². The summed E-state index contributed by atoms with van der Waals surface area (Å²) in [7, 11) is -9.49. The second-order valence-electron chi connectivity index (χ2n) is 9.34. The van der Waals surface area contributed by atoms with Gasteiger partial charge in [-0.15, -0.1) is 0 Å². The second kappa shape index (κ2) is 9.83. The van der Waals surface area contributed by atoms with E-state index < -0.39 is 52.2 Å². The van der Waals surface area contributed by atoms with Crippen molar-refractivity contribution in [3.63, 3.8) is 0 Å². The van der Waals surface area contributed by atoms with Crippen molar-refractivity contribution >= 4 is 43.8 Å². The van der Waals surface area contributed by atoms with E-state index in [2.05, 4.69) is 25.2 Å². The van der Waals surface area contributed by atoms with Crippen molar-refractivity contribution in [1.29, 1.82) is 0 Å². The molecule has 6 N–H and O–H groups in total. The van der Waals surface area contributed by atoms with E-state index in [-0.39, 0.29) is 17.0 Å². The topological polar surface area (TPSA) is 213 Å². The van der Waals surface area contributed by atoms with Gasteiger partial charge < -0.3 is 44.4 Å². The van der Waals surface area contributed by atoms with Crippen LogP contribution in [-0.4, -0.2) is 106 Å². The molecule has 2 bridgehead atoms. The summed E-state index contributed by atoms with van der Waals surface area (Å²) in [5, 5.41) is 24.4. The van der Waals surface area contributed by atoms with Crippen LogP contribution >= 0.6 is 26.8 Å². The van der Waals surface area contributed by atoms with Crippen molar-refractivity contribution in [1.82, 2.24) is 24.4 Å². The molecule has 4 saturated heterocycles. The monoisotopic (exact) mass is 568 g/mol. The molecule has 2 aromatic rings. The van der Waals surface area contributed by atoms with Gasteiger partial charge in [0.05, 0.1) is 12.9 Å². The first-order chi connectivity index (χ1) is 16.9. The van der Waals surface area contributed by atoms with Crippen molar-refractivity contribution in [3.8, 4) is 0 Å². The zero-order valence-electron chi connectivity index (χ0n) is 18.9. The van der Waals surface area contributed by atoms with Crippen LogP contribution in [0.5, 0.6) is 0 Å². The molecule has 6 atom stereocenters. The third kappa shape index (κ3) is 5.47. The van der Waals surface area contributed by atoms with E-state index in [9.17, 15) is 24.2 Å². The van der Waals surface area contributed by atoms with Gasteiger partial charge in [-0.25, -0.2) is 4.98 Å². The van der Waals surface area contributed by atoms with Crippen molar-refractivity contribution in [3.05, 3.63) is 11.6 Å². The fourth-order valence-corrected chi connectivity index (χ4v) is 7.77. The minimum Gasteiger partial charge on any atom is -0.387 e. The van der Waals surface area contributed by atoms with Gasteiger partial charge in [-0.05, 0) is 43.5 Å². The smallest absolute Gasteiger partial charge is 0.340 e. The highest BCUT2D eigenvalue weighted by atomic mass is 35.5. The largest absolute Gasteiger partial charge is 0.387 e. The first-order valence-corrected chi connectivity index (χ1v) is 15.3. The number of hydrogen-bond donors (Lipinski definition) is 6. The fraction of sp³-hybridized carbons (Fsp3) is 0.722. The van der Waals surface area contributed by atoms with Gasteiger partial charge in [-0.3, -0.25) is 13.7 Å². The van der Waals surface area contributed by atoms with Crippen LogP contribution in [0.3, 0.4) is 0 Å². The Hall–Kier alpha value is -1.22.